The Morgan fingerprint density at radius 3 is 2.26 bits per heavy atom. The van der Waals surface area contributed by atoms with Gasteiger partial charge in [0.15, 0.2) is 5.75 Å². The molecule has 0 spiro atoms. The zero-order chi connectivity index (χ0) is 19.1. The lowest BCUT2D eigenvalue weighted by molar-refractivity contribution is -0.116. The molecule has 0 saturated carbocycles. The maximum Gasteiger partial charge on any atom is 0.225 e. The summed E-state index contributed by atoms with van der Waals surface area (Å²) in [6.07, 6.45) is 0.347. The van der Waals surface area contributed by atoms with Crippen LogP contribution in [0.1, 0.15) is 24.8 Å². The quantitative estimate of drug-likeness (QED) is 0.594. The second kappa shape index (κ2) is 8.90. The van der Waals surface area contributed by atoms with E-state index < -0.39 is 0 Å². The molecular formula is C23H23NO3. The molecule has 0 heterocycles. The molecule has 0 radical (unpaired) electrons. The molecule has 0 aliphatic carbocycles. The van der Waals surface area contributed by atoms with E-state index in [2.05, 4.69) is 5.32 Å². The highest BCUT2D eigenvalue weighted by molar-refractivity contribution is 5.92. The number of ether oxygens (including phenoxy) is 2. The van der Waals surface area contributed by atoms with Gasteiger partial charge in [-0.3, -0.25) is 4.79 Å². The van der Waals surface area contributed by atoms with Crippen LogP contribution in [-0.2, 0) is 4.79 Å². The van der Waals surface area contributed by atoms with Crippen LogP contribution >= 0.6 is 0 Å². The molecule has 1 atom stereocenters. The molecule has 4 nitrogen and oxygen atoms in total. The number of anilines is 1. The molecule has 3 aromatic rings. The predicted molar refractivity (Wildman–Crippen MR) is 108 cm³/mol. The highest BCUT2D eigenvalue weighted by atomic mass is 16.5. The fraction of sp³-hybridized carbons (Fsp3) is 0.174. The van der Waals surface area contributed by atoms with Gasteiger partial charge >= 0.3 is 0 Å². The van der Waals surface area contributed by atoms with E-state index in [4.69, 9.17) is 9.47 Å². The van der Waals surface area contributed by atoms with Gasteiger partial charge in [0, 0.05) is 6.42 Å². The lowest BCUT2D eigenvalue weighted by Crippen LogP contribution is -2.15. The van der Waals surface area contributed by atoms with E-state index >= 15 is 0 Å². The topological polar surface area (TPSA) is 47.6 Å². The minimum absolute atomic E-state index is 0.0309. The Balaban J connectivity index is 1.69. The SMILES string of the molecule is COc1ccccc1C(C)CC(=O)Nc1ccccc1Oc1ccccc1. The number of nitrogens with one attached hydrogen (secondary N) is 1. The molecule has 0 aliphatic heterocycles. The molecule has 0 aromatic heterocycles. The summed E-state index contributed by atoms with van der Waals surface area (Å²) in [5, 5.41) is 2.96. The molecule has 0 aliphatic rings. The summed E-state index contributed by atoms with van der Waals surface area (Å²) in [4.78, 5) is 12.6. The van der Waals surface area contributed by atoms with Crippen molar-refractivity contribution in [2.45, 2.75) is 19.3 Å². The maximum absolute atomic E-state index is 12.6. The van der Waals surface area contributed by atoms with Gasteiger partial charge in [-0.25, -0.2) is 0 Å². The van der Waals surface area contributed by atoms with Gasteiger partial charge in [0.05, 0.1) is 12.8 Å². The predicted octanol–water partition coefficient (Wildman–Crippen LogP) is 5.62. The summed E-state index contributed by atoms with van der Waals surface area (Å²) < 4.78 is 11.3. The van der Waals surface area contributed by atoms with E-state index in [-0.39, 0.29) is 11.8 Å². The summed E-state index contributed by atoms with van der Waals surface area (Å²) in [7, 11) is 1.64. The lowest BCUT2D eigenvalue weighted by Gasteiger charge is -2.16. The van der Waals surface area contributed by atoms with Crippen molar-refractivity contribution in [1.29, 1.82) is 0 Å². The average Bonchev–Trinajstić information content (AvgIpc) is 2.70. The molecular weight excluding hydrogens is 338 g/mol. The Labute approximate surface area is 159 Å². The van der Waals surface area contributed by atoms with Gasteiger partial charge in [-0.2, -0.15) is 0 Å². The lowest BCUT2D eigenvalue weighted by atomic mass is 9.96. The van der Waals surface area contributed by atoms with Gasteiger partial charge in [0.25, 0.3) is 0 Å². The fourth-order valence-corrected chi connectivity index (χ4v) is 2.94. The second-order valence-electron chi connectivity index (χ2n) is 6.31. The van der Waals surface area contributed by atoms with Crippen molar-refractivity contribution in [2.24, 2.45) is 0 Å². The van der Waals surface area contributed by atoms with Crippen LogP contribution in [0, 0.1) is 0 Å². The van der Waals surface area contributed by atoms with Gasteiger partial charge in [0.1, 0.15) is 11.5 Å². The van der Waals surface area contributed by atoms with Crippen LogP contribution in [0.5, 0.6) is 17.2 Å². The number of hydrogen-bond donors (Lipinski definition) is 1. The highest BCUT2D eigenvalue weighted by Gasteiger charge is 2.16. The maximum atomic E-state index is 12.6. The average molecular weight is 361 g/mol. The minimum Gasteiger partial charge on any atom is -0.496 e. The molecule has 27 heavy (non-hydrogen) atoms. The van der Waals surface area contributed by atoms with E-state index in [1.807, 2.05) is 85.8 Å². The van der Waals surface area contributed by atoms with Crippen LogP contribution in [0.2, 0.25) is 0 Å². The Hall–Kier alpha value is -3.27. The highest BCUT2D eigenvalue weighted by Crippen LogP contribution is 2.31. The molecule has 1 amide bonds. The number of carbonyl (C=O) groups is 1. The largest absolute Gasteiger partial charge is 0.496 e. The van der Waals surface area contributed by atoms with Gasteiger partial charge in [0.2, 0.25) is 5.91 Å². The summed E-state index contributed by atoms with van der Waals surface area (Å²) >= 11 is 0. The van der Waals surface area contributed by atoms with Gasteiger partial charge < -0.3 is 14.8 Å². The van der Waals surface area contributed by atoms with Crippen molar-refractivity contribution in [3.05, 3.63) is 84.4 Å². The van der Waals surface area contributed by atoms with Gasteiger partial charge in [-0.15, -0.1) is 0 Å². The van der Waals surface area contributed by atoms with Gasteiger partial charge in [-0.05, 0) is 41.8 Å². The normalized spacial score (nSPS) is 11.5. The molecule has 1 N–H and O–H groups in total. The molecule has 0 saturated heterocycles. The monoisotopic (exact) mass is 361 g/mol. The van der Waals surface area contributed by atoms with Crippen molar-refractivity contribution in [2.75, 3.05) is 12.4 Å². The number of carbonyl (C=O) groups excluding carboxylic acids is 1. The summed E-state index contributed by atoms with van der Waals surface area (Å²) in [5.41, 5.74) is 1.67. The molecule has 0 fully saturated rings. The third kappa shape index (κ3) is 4.88. The molecule has 3 rings (SSSR count). The van der Waals surface area contributed by atoms with Crippen LogP contribution in [0.15, 0.2) is 78.9 Å². The smallest absolute Gasteiger partial charge is 0.225 e. The van der Waals surface area contributed by atoms with Crippen LogP contribution in [0.25, 0.3) is 0 Å². The Morgan fingerprint density at radius 1 is 0.889 bits per heavy atom. The first-order chi connectivity index (χ1) is 13.2. The van der Waals surface area contributed by atoms with E-state index in [1.54, 1.807) is 7.11 Å². The zero-order valence-electron chi connectivity index (χ0n) is 15.5. The Morgan fingerprint density at radius 2 is 1.52 bits per heavy atom. The molecule has 4 heteroatoms. The Bertz CT molecular complexity index is 893. The van der Waals surface area contributed by atoms with Crippen LogP contribution in [-0.4, -0.2) is 13.0 Å². The third-order valence-electron chi connectivity index (χ3n) is 4.29. The summed E-state index contributed by atoms with van der Waals surface area (Å²) in [5.74, 6) is 2.09. The third-order valence-corrected chi connectivity index (χ3v) is 4.29. The van der Waals surface area contributed by atoms with Crippen LogP contribution < -0.4 is 14.8 Å². The van der Waals surface area contributed by atoms with E-state index in [9.17, 15) is 4.79 Å². The summed E-state index contributed by atoms with van der Waals surface area (Å²) in [6, 6.07) is 24.7. The molecule has 138 valence electrons. The van der Waals surface area contributed by atoms with Crippen molar-refractivity contribution < 1.29 is 14.3 Å². The number of para-hydroxylation sites is 4. The zero-order valence-corrected chi connectivity index (χ0v) is 15.5. The van der Waals surface area contributed by atoms with Crippen molar-refractivity contribution in [1.82, 2.24) is 0 Å². The van der Waals surface area contributed by atoms with E-state index in [0.717, 1.165) is 17.1 Å². The second-order valence-corrected chi connectivity index (χ2v) is 6.31. The standard InChI is InChI=1S/C23H23NO3/c1-17(19-12-6-8-14-21(19)26-2)16-23(25)24-20-13-7-9-15-22(20)27-18-10-4-3-5-11-18/h3-15,17H,16H2,1-2H3,(H,24,25). The minimum atomic E-state index is -0.0717. The fourth-order valence-electron chi connectivity index (χ4n) is 2.94. The van der Waals surface area contributed by atoms with Crippen molar-refractivity contribution in [3.63, 3.8) is 0 Å². The number of hydrogen-bond acceptors (Lipinski definition) is 3. The van der Waals surface area contributed by atoms with Crippen LogP contribution in [0.4, 0.5) is 5.69 Å². The first kappa shape index (κ1) is 18.5. The van der Waals surface area contributed by atoms with E-state index in [1.165, 1.54) is 0 Å². The summed E-state index contributed by atoms with van der Waals surface area (Å²) in [6.45, 7) is 2.02. The first-order valence-electron chi connectivity index (χ1n) is 8.92. The molecule has 1 unspecified atom stereocenters. The number of rotatable bonds is 7. The molecule has 3 aromatic carbocycles. The van der Waals surface area contributed by atoms with Crippen molar-refractivity contribution in [3.8, 4) is 17.2 Å². The number of methoxy groups -OCH3 is 1. The number of amides is 1. The van der Waals surface area contributed by atoms with E-state index in [0.29, 0.717) is 17.9 Å². The first-order valence-corrected chi connectivity index (χ1v) is 8.92. The molecule has 0 bridgehead atoms. The van der Waals surface area contributed by atoms with Crippen molar-refractivity contribution >= 4 is 11.6 Å². The number of benzene rings is 3. The van der Waals surface area contributed by atoms with Gasteiger partial charge in [-0.1, -0.05) is 55.5 Å². The van der Waals surface area contributed by atoms with Crippen LogP contribution in [0.3, 0.4) is 0 Å². The Kier molecular flexibility index (Phi) is 6.10.